The molecule has 0 aromatic heterocycles. The standard InChI is InChI=1S/C18H28N4O3.ClH/c1-18(12-19)8-10-21(13-18)11-17(24)22(9-7-16(20)23)14-5-3-4-6-15(14)25-2;/h3-6H,7-13,19H2,1-2H3,(H2,20,23);1H. The summed E-state index contributed by atoms with van der Waals surface area (Å²) in [6, 6.07) is 7.28. The van der Waals surface area contributed by atoms with Crippen molar-refractivity contribution in [1.82, 2.24) is 4.90 Å². The Labute approximate surface area is 161 Å². The van der Waals surface area contributed by atoms with Crippen molar-refractivity contribution in [2.75, 3.05) is 44.7 Å². The molecule has 1 unspecified atom stereocenters. The minimum atomic E-state index is -0.440. The minimum absolute atomic E-state index is 0. The highest BCUT2D eigenvalue weighted by molar-refractivity contribution is 5.96. The first-order valence-corrected chi connectivity index (χ1v) is 8.52. The molecule has 0 saturated carbocycles. The normalized spacial score (nSPS) is 19.7. The Morgan fingerprint density at radius 3 is 2.62 bits per heavy atom. The molecule has 7 nitrogen and oxygen atoms in total. The van der Waals surface area contributed by atoms with Crippen molar-refractivity contribution >= 4 is 29.9 Å². The van der Waals surface area contributed by atoms with Crippen LogP contribution in [0.3, 0.4) is 0 Å². The topological polar surface area (TPSA) is 102 Å². The molecule has 146 valence electrons. The van der Waals surface area contributed by atoms with Gasteiger partial charge < -0.3 is 21.1 Å². The average Bonchev–Trinajstić information content (AvgIpc) is 2.96. The van der Waals surface area contributed by atoms with E-state index in [0.29, 0.717) is 18.0 Å². The minimum Gasteiger partial charge on any atom is -0.495 e. The van der Waals surface area contributed by atoms with Gasteiger partial charge in [0.05, 0.1) is 19.3 Å². The molecule has 1 saturated heterocycles. The van der Waals surface area contributed by atoms with Gasteiger partial charge >= 0.3 is 0 Å². The van der Waals surface area contributed by atoms with Crippen LogP contribution in [-0.4, -0.2) is 56.5 Å². The molecular formula is C18H29ClN4O3. The number of nitrogens with two attached hydrogens (primary N) is 2. The van der Waals surface area contributed by atoms with Gasteiger partial charge in [0.1, 0.15) is 5.75 Å². The molecule has 0 bridgehead atoms. The lowest BCUT2D eigenvalue weighted by atomic mass is 9.90. The van der Waals surface area contributed by atoms with Crippen LogP contribution >= 0.6 is 12.4 Å². The number of primary amides is 1. The summed E-state index contributed by atoms with van der Waals surface area (Å²) in [7, 11) is 1.56. The van der Waals surface area contributed by atoms with Gasteiger partial charge in [-0.15, -0.1) is 12.4 Å². The highest BCUT2D eigenvalue weighted by Gasteiger charge is 2.34. The number of anilines is 1. The Morgan fingerprint density at radius 2 is 2.04 bits per heavy atom. The number of carbonyl (C=O) groups excluding carboxylic acids is 2. The van der Waals surface area contributed by atoms with Gasteiger partial charge in [-0.3, -0.25) is 14.5 Å². The van der Waals surface area contributed by atoms with Crippen molar-refractivity contribution in [3.05, 3.63) is 24.3 Å². The number of likely N-dealkylation sites (tertiary alicyclic amines) is 1. The van der Waals surface area contributed by atoms with Gasteiger partial charge in [0, 0.05) is 19.5 Å². The number of hydrogen-bond donors (Lipinski definition) is 2. The van der Waals surface area contributed by atoms with Crippen LogP contribution in [0.2, 0.25) is 0 Å². The molecule has 1 heterocycles. The van der Waals surface area contributed by atoms with Gasteiger partial charge in [-0.2, -0.15) is 0 Å². The number of rotatable bonds is 8. The third-order valence-corrected chi connectivity index (χ3v) is 4.75. The first kappa shape index (κ1) is 22.2. The Hall–Kier alpha value is -1.83. The maximum Gasteiger partial charge on any atom is 0.241 e. The van der Waals surface area contributed by atoms with Crippen LogP contribution in [-0.2, 0) is 9.59 Å². The van der Waals surface area contributed by atoms with Crippen molar-refractivity contribution in [3.8, 4) is 5.75 Å². The van der Waals surface area contributed by atoms with E-state index < -0.39 is 5.91 Å². The number of carbonyl (C=O) groups is 2. The summed E-state index contributed by atoms with van der Waals surface area (Å²) >= 11 is 0. The fourth-order valence-electron chi connectivity index (χ4n) is 3.16. The quantitative estimate of drug-likeness (QED) is 0.696. The second kappa shape index (κ2) is 9.75. The first-order chi connectivity index (χ1) is 11.9. The maximum atomic E-state index is 12.9. The van der Waals surface area contributed by atoms with E-state index in [1.54, 1.807) is 18.1 Å². The third kappa shape index (κ3) is 5.59. The SMILES string of the molecule is COc1ccccc1N(CCC(N)=O)C(=O)CN1CCC(C)(CN)C1.Cl. The molecular weight excluding hydrogens is 356 g/mol. The van der Waals surface area contributed by atoms with Crippen LogP contribution in [0.4, 0.5) is 5.69 Å². The van der Waals surface area contributed by atoms with Gasteiger partial charge in [-0.25, -0.2) is 0 Å². The monoisotopic (exact) mass is 384 g/mol. The first-order valence-electron chi connectivity index (χ1n) is 8.52. The molecule has 2 amide bonds. The van der Waals surface area contributed by atoms with Gasteiger partial charge in [0.15, 0.2) is 0 Å². The van der Waals surface area contributed by atoms with Gasteiger partial charge in [-0.1, -0.05) is 19.1 Å². The van der Waals surface area contributed by atoms with E-state index in [4.69, 9.17) is 16.2 Å². The number of methoxy groups -OCH3 is 1. The van der Waals surface area contributed by atoms with E-state index in [2.05, 4.69) is 11.8 Å². The van der Waals surface area contributed by atoms with Crippen LogP contribution in [0.15, 0.2) is 24.3 Å². The summed E-state index contributed by atoms with van der Waals surface area (Å²) in [6.07, 6.45) is 1.08. The van der Waals surface area contributed by atoms with E-state index in [1.807, 2.05) is 18.2 Å². The van der Waals surface area contributed by atoms with E-state index in [0.717, 1.165) is 19.5 Å². The lowest BCUT2D eigenvalue weighted by molar-refractivity contribution is -0.120. The molecule has 2 rings (SSSR count). The molecule has 1 fully saturated rings. The number of ether oxygens (including phenoxy) is 1. The fraction of sp³-hybridized carbons (Fsp3) is 0.556. The number of benzene rings is 1. The molecule has 1 aromatic rings. The molecule has 26 heavy (non-hydrogen) atoms. The number of nitrogens with zero attached hydrogens (tertiary/aromatic N) is 2. The number of para-hydroxylation sites is 2. The Balaban J connectivity index is 0.00000338. The van der Waals surface area contributed by atoms with Crippen LogP contribution in [0.25, 0.3) is 0 Å². The van der Waals surface area contributed by atoms with Crippen molar-refractivity contribution in [3.63, 3.8) is 0 Å². The number of amides is 2. The molecule has 0 spiro atoms. The van der Waals surface area contributed by atoms with E-state index in [9.17, 15) is 9.59 Å². The lowest BCUT2D eigenvalue weighted by Gasteiger charge is -2.27. The smallest absolute Gasteiger partial charge is 0.241 e. The second-order valence-electron chi connectivity index (χ2n) is 6.91. The largest absolute Gasteiger partial charge is 0.495 e. The summed E-state index contributed by atoms with van der Waals surface area (Å²) in [5.74, 6) is 0.0742. The maximum absolute atomic E-state index is 12.9. The summed E-state index contributed by atoms with van der Waals surface area (Å²) in [6.45, 7) is 4.90. The molecule has 4 N–H and O–H groups in total. The van der Waals surface area contributed by atoms with E-state index >= 15 is 0 Å². The Morgan fingerprint density at radius 1 is 1.35 bits per heavy atom. The molecule has 0 radical (unpaired) electrons. The van der Waals surface area contributed by atoms with Crippen LogP contribution in [0, 0.1) is 5.41 Å². The predicted molar refractivity (Wildman–Crippen MR) is 105 cm³/mol. The van der Waals surface area contributed by atoms with Crippen molar-refractivity contribution < 1.29 is 14.3 Å². The highest BCUT2D eigenvalue weighted by Crippen LogP contribution is 2.30. The average molecular weight is 385 g/mol. The zero-order valence-corrected chi connectivity index (χ0v) is 16.3. The van der Waals surface area contributed by atoms with E-state index in [1.165, 1.54) is 0 Å². The highest BCUT2D eigenvalue weighted by atomic mass is 35.5. The molecule has 8 heteroatoms. The molecule has 1 aliphatic rings. The fourth-order valence-corrected chi connectivity index (χ4v) is 3.16. The Bertz CT molecular complexity index is 628. The van der Waals surface area contributed by atoms with Crippen molar-refractivity contribution in [1.29, 1.82) is 0 Å². The van der Waals surface area contributed by atoms with Gasteiger partial charge in [-0.05, 0) is 37.1 Å². The third-order valence-electron chi connectivity index (χ3n) is 4.75. The molecule has 0 aliphatic carbocycles. The number of halogens is 1. The number of hydrogen-bond acceptors (Lipinski definition) is 5. The second-order valence-corrected chi connectivity index (χ2v) is 6.91. The lowest BCUT2D eigenvalue weighted by Crippen LogP contribution is -2.42. The van der Waals surface area contributed by atoms with Crippen molar-refractivity contribution in [2.45, 2.75) is 19.8 Å². The van der Waals surface area contributed by atoms with Crippen LogP contribution in [0.5, 0.6) is 5.75 Å². The Kier molecular flexibility index (Phi) is 8.33. The summed E-state index contributed by atoms with van der Waals surface area (Å²) in [4.78, 5) is 27.8. The van der Waals surface area contributed by atoms with Gasteiger partial charge in [0.2, 0.25) is 11.8 Å². The molecule has 1 aromatic carbocycles. The summed E-state index contributed by atoms with van der Waals surface area (Å²) in [5, 5.41) is 0. The zero-order valence-electron chi connectivity index (χ0n) is 15.4. The van der Waals surface area contributed by atoms with Crippen LogP contribution in [0.1, 0.15) is 19.8 Å². The molecule has 1 aliphatic heterocycles. The predicted octanol–water partition coefficient (Wildman–Crippen LogP) is 0.996. The van der Waals surface area contributed by atoms with E-state index in [-0.39, 0.29) is 43.2 Å². The molecule has 1 atom stereocenters. The van der Waals surface area contributed by atoms with Crippen molar-refractivity contribution in [2.24, 2.45) is 16.9 Å². The van der Waals surface area contributed by atoms with Gasteiger partial charge in [0.25, 0.3) is 0 Å². The summed E-state index contributed by atoms with van der Waals surface area (Å²) in [5.41, 5.74) is 11.8. The summed E-state index contributed by atoms with van der Waals surface area (Å²) < 4.78 is 5.36. The zero-order chi connectivity index (χ0) is 18.4. The van der Waals surface area contributed by atoms with Crippen LogP contribution < -0.4 is 21.1 Å².